The monoisotopic (exact) mass is 1410 g/mol. The van der Waals surface area contributed by atoms with Crippen molar-refractivity contribution in [3.63, 3.8) is 0 Å². The highest BCUT2D eigenvalue weighted by Crippen LogP contribution is 2.48. The van der Waals surface area contributed by atoms with Crippen molar-refractivity contribution in [3.05, 3.63) is 87.2 Å². The van der Waals surface area contributed by atoms with Gasteiger partial charge in [-0.2, -0.15) is 39.5 Å². The van der Waals surface area contributed by atoms with E-state index in [4.69, 9.17) is 14.2 Å². The lowest BCUT2D eigenvalue weighted by Gasteiger charge is -2.35. The van der Waals surface area contributed by atoms with Crippen LogP contribution in [0.15, 0.2) is 36.4 Å². The molecule has 3 heterocycles. The van der Waals surface area contributed by atoms with Crippen molar-refractivity contribution in [2.45, 2.75) is 149 Å². The predicted octanol–water partition coefficient (Wildman–Crippen LogP) is 11.5. The van der Waals surface area contributed by atoms with E-state index >= 15 is 0 Å². The number of alkyl halides is 9. The summed E-state index contributed by atoms with van der Waals surface area (Å²) >= 11 is 0. The average molecular weight is 1420 g/mol. The minimum absolute atomic E-state index is 0.00118. The van der Waals surface area contributed by atoms with Crippen LogP contribution in [0.25, 0.3) is 0 Å². The summed E-state index contributed by atoms with van der Waals surface area (Å²) in [6.07, 6.45) is -18.7. The molecule has 21 nitrogen and oxygen atoms in total. The van der Waals surface area contributed by atoms with E-state index < -0.39 is 107 Å². The van der Waals surface area contributed by atoms with Gasteiger partial charge in [0.05, 0.1) is 0 Å². The molecular weight excluding hydrogens is 1330 g/mol. The first-order valence-electron chi connectivity index (χ1n) is 31.9. The number of hydrogen-bond donors (Lipinski definition) is 3. The van der Waals surface area contributed by atoms with Crippen LogP contribution in [0.1, 0.15) is 106 Å². The molecule has 3 unspecified atom stereocenters. The van der Waals surface area contributed by atoms with Gasteiger partial charge in [-0.1, -0.05) is 18.9 Å². The van der Waals surface area contributed by atoms with Crippen LogP contribution in [0.2, 0.25) is 0 Å². The van der Waals surface area contributed by atoms with E-state index in [0.717, 1.165) is 33.6 Å². The molecule has 0 bridgehead atoms. The fraction of sp³-hybridized carbons (Fsp3) is 0.631. The van der Waals surface area contributed by atoms with Gasteiger partial charge in [0.15, 0.2) is 18.3 Å². The normalized spacial score (nSPS) is 19.5. The molecule has 6 aliphatic rings. The molecule has 3 aliphatic heterocycles. The molecule has 3 atom stereocenters. The minimum Gasteiger partial charge on any atom is -0.492 e. The number of benzene rings is 3. The summed E-state index contributed by atoms with van der Waals surface area (Å²) in [4.78, 5) is 80.1. The van der Waals surface area contributed by atoms with Crippen molar-refractivity contribution in [3.8, 4) is 17.2 Å². The molecule has 3 N–H and O–H groups in total. The highest BCUT2D eigenvalue weighted by atomic mass is 19.4. The second kappa shape index (κ2) is 32.1. The highest BCUT2D eigenvalue weighted by Gasteiger charge is 2.53. The van der Waals surface area contributed by atoms with Gasteiger partial charge in [0.1, 0.15) is 70.8 Å². The molecule has 33 heteroatoms. The van der Waals surface area contributed by atoms with Crippen molar-refractivity contribution in [1.29, 1.82) is 0 Å². The molecule has 546 valence electrons. The Morgan fingerprint density at radius 3 is 1.00 bits per heavy atom. The summed E-state index contributed by atoms with van der Waals surface area (Å²) in [6.45, 7) is 11.3. The number of carboxylic acids is 3. The highest BCUT2D eigenvalue weighted by molar-refractivity contribution is 5.78. The number of aryl methyl sites for hydroxylation is 2. The van der Waals surface area contributed by atoms with Gasteiger partial charge in [-0.25, -0.2) is 27.6 Å². The maximum atomic E-state index is 14.2. The van der Waals surface area contributed by atoms with Crippen molar-refractivity contribution in [2.75, 3.05) is 98.4 Å². The Labute approximate surface area is 557 Å². The predicted molar refractivity (Wildman–Crippen MR) is 324 cm³/mol. The van der Waals surface area contributed by atoms with Crippen LogP contribution in [-0.2, 0) is 48.2 Å². The quantitative estimate of drug-likeness (QED) is 0.0664. The molecule has 3 aromatic rings. The zero-order valence-electron chi connectivity index (χ0n) is 55.0. The Hall–Kier alpha value is -7.68. The third-order valence-corrected chi connectivity index (χ3v) is 18.5. The molecule has 3 saturated heterocycles. The van der Waals surface area contributed by atoms with Crippen LogP contribution in [0.5, 0.6) is 17.2 Å². The minimum atomic E-state index is -4.62. The van der Waals surface area contributed by atoms with E-state index in [-0.39, 0.29) is 77.7 Å². The number of carboxylic acid groups (broad SMARTS) is 3. The summed E-state index contributed by atoms with van der Waals surface area (Å²) in [5, 5.41) is 28.4. The first kappa shape index (κ1) is 77.7. The topological polar surface area (TPSA) is 238 Å². The summed E-state index contributed by atoms with van der Waals surface area (Å²) in [7, 11) is 0. The number of ether oxygens (including phenoxy) is 6. The van der Waals surface area contributed by atoms with E-state index in [2.05, 4.69) is 14.2 Å². The number of carbonyl (C=O) groups excluding carboxylic acids is 3. The second-order valence-electron chi connectivity index (χ2n) is 25.9. The molecule has 98 heavy (non-hydrogen) atoms. The zero-order chi connectivity index (χ0) is 72.5. The van der Waals surface area contributed by atoms with Crippen molar-refractivity contribution < 1.29 is 125 Å². The molecule has 3 aliphatic carbocycles. The summed E-state index contributed by atoms with van der Waals surface area (Å²) in [6, 6.07) is 8.20. The standard InChI is InChI=1S/C23H30F4N2O5.2C21H26F4N2O5/c1-15-11-18(24)12-17(19(15)33-14-22(20(30)31)5-3-4-6-22)13-28-7-9-29(10-8-28)21(32)34-16(2)23(25,26)27;1-13-9-16(22)10-15(17(13)31-12-20(3-4-20)18(28)29)11-26-5-7-27(8-6-26)19(30)32-14(2)21(23,24)25;1-13-16(22)4-3-15(17(13)31-12-20(5-6-20)18(28)29)11-26-7-9-27(10-8-26)19(30)32-14(2)21(23,24)25/h11-12,16H,3-10,13-14H2,1-2H3,(H,30,31);9-10,14H,3-8,11-12H2,1-2H3,(H,28,29);3-4,14H,5-12H2,1-2H3,(H,28,29). The molecule has 0 spiro atoms. The number of rotatable bonds is 21. The van der Waals surface area contributed by atoms with Crippen LogP contribution < -0.4 is 14.2 Å². The van der Waals surface area contributed by atoms with Gasteiger partial charge in [0.2, 0.25) is 0 Å². The molecule has 3 saturated carbocycles. The van der Waals surface area contributed by atoms with Crippen molar-refractivity contribution >= 4 is 36.2 Å². The number of halogens is 12. The van der Waals surface area contributed by atoms with Crippen LogP contribution in [0.4, 0.5) is 67.1 Å². The maximum Gasteiger partial charge on any atom is 0.425 e. The van der Waals surface area contributed by atoms with E-state index in [9.17, 15) is 96.8 Å². The Morgan fingerprint density at radius 1 is 0.429 bits per heavy atom. The van der Waals surface area contributed by atoms with Crippen molar-refractivity contribution in [2.24, 2.45) is 16.2 Å². The Kier molecular flexibility index (Phi) is 25.4. The smallest absolute Gasteiger partial charge is 0.425 e. The fourth-order valence-electron chi connectivity index (χ4n) is 11.4. The fourth-order valence-corrected chi connectivity index (χ4v) is 11.4. The first-order valence-corrected chi connectivity index (χ1v) is 31.9. The molecular formula is C65H82F12N6O15. The average Bonchev–Trinajstić information content (AvgIpc) is 1.64. The van der Waals surface area contributed by atoms with Crippen LogP contribution >= 0.6 is 0 Å². The zero-order valence-corrected chi connectivity index (χ0v) is 55.0. The van der Waals surface area contributed by atoms with E-state index in [1.165, 1.54) is 45.0 Å². The molecule has 3 amide bonds. The molecule has 3 aromatic carbocycles. The van der Waals surface area contributed by atoms with Crippen LogP contribution in [-0.4, -0.2) is 216 Å². The molecule has 0 radical (unpaired) electrons. The van der Waals surface area contributed by atoms with E-state index in [0.29, 0.717) is 129 Å². The van der Waals surface area contributed by atoms with E-state index in [1.54, 1.807) is 26.8 Å². The Balaban J connectivity index is 0.000000207. The van der Waals surface area contributed by atoms with Gasteiger partial charge in [0, 0.05) is 120 Å². The number of hydrogen-bond acceptors (Lipinski definition) is 15. The molecule has 9 rings (SSSR count). The first-order chi connectivity index (χ1) is 45.7. The van der Waals surface area contributed by atoms with Crippen LogP contribution in [0, 0.1) is 54.5 Å². The number of piperazine rings is 3. The van der Waals surface area contributed by atoms with E-state index in [1.807, 2.05) is 14.7 Å². The van der Waals surface area contributed by atoms with Gasteiger partial charge in [-0.15, -0.1) is 0 Å². The van der Waals surface area contributed by atoms with Crippen molar-refractivity contribution in [1.82, 2.24) is 29.4 Å². The maximum absolute atomic E-state index is 14.2. The number of aliphatic carboxylic acids is 3. The van der Waals surface area contributed by atoms with Gasteiger partial charge in [0.25, 0.3) is 0 Å². The summed E-state index contributed by atoms with van der Waals surface area (Å²) < 4.78 is 187. The van der Waals surface area contributed by atoms with Gasteiger partial charge in [-0.05, 0) is 122 Å². The third kappa shape index (κ3) is 20.7. The van der Waals surface area contributed by atoms with Gasteiger partial charge >= 0.3 is 54.7 Å². The van der Waals surface area contributed by atoms with Crippen LogP contribution in [0.3, 0.4) is 0 Å². The number of nitrogens with zero attached hydrogens (tertiary/aromatic N) is 6. The lowest BCUT2D eigenvalue weighted by molar-refractivity contribution is -0.200. The Bertz CT molecular complexity index is 3300. The number of carbonyl (C=O) groups is 6. The largest absolute Gasteiger partial charge is 0.492 e. The summed E-state index contributed by atoms with van der Waals surface area (Å²) in [5.74, 6) is -2.93. The van der Waals surface area contributed by atoms with Gasteiger partial charge in [-0.3, -0.25) is 29.1 Å². The molecule has 6 fully saturated rings. The number of amides is 3. The SMILES string of the molecule is Cc1c(F)ccc(CN2CCN(C(=O)OC(C)C(F)(F)F)CC2)c1OCC1(C(=O)O)CC1.Cc1cc(F)cc(CN2CCN(C(=O)OC(C)C(F)(F)F)CC2)c1OCC1(C(=O)O)CC1.Cc1cc(F)cc(CN2CCN(C(=O)OC(C)C(F)(F)F)CC2)c1OCC1(C(=O)O)CCCC1. The lowest BCUT2D eigenvalue weighted by atomic mass is 9.87. The lowest BCUT2D eigenvalue weighted by Crippen LogP contribution is -2.49. The second-order valence-corrected chi connectivity index (χ2v) is 25.9. The van der Waals surface area contributed by atoms with Gasteiger partial charge < -0.3 is 58.4 Å². The molecule has 0 aromatic heterocycles. The summed E-state index contributed by atoms with van der Waals surface area (Å²) in [5.41, 5.74) is 0.397. The Morgan fingerprint density at radius 2 is 0.714 bits per heavy atom. The third-order valence-electron chi connectivity index (χ3n) is 18.5.